The fourth-order valence-electron chi connectivity index (χ4n) is 5.52. The van der Waals surface area contributed by atoms with Gasteiger partial charge in [-0.3, -0.25) is 0 Å². The molecule has 2 aromatic carbocycles. The summed E-state index contributed by atoms with van der Waals surface area (Å²) in [7, 11) is 0. The van der Waals surface area contributed by atoms with Crippen molar-refractivity contribution in [3.8, 4) is 0 Å². The summed E-state index contributed by atoms with van der Waals surface area (Å²) < 4.78 is 54.5. The quantitative estimate of drug-likeness (QED) is 0.394. The van der Waals surface area contributed by atoms with E-state index in [1.165, 1.54) is 36.0 Å². The first-order valence-corrected chi connectivity index (χ1v) is 12.9. The first-order valence-electron chi connectivity index (χ1n) is 12.1. The summed E-state index contributed by atoms with van der Waals surface area (Å²) in [4.78, 5) is 3.96. The number of aliphatic hydroxyl groups is 1. The van der Waals surface area contributed by atoms with Crippen LogP contribution in [0.25, 0.3) is 5.57 Å². The minimum absolute atomic E-state index is 0.133. The highest BCUT2D eigenvalue weighted by Crippen LogP contribution is 2.49. The smallest absolute Gasteiger partial charge is 0.393 e. The number of fused-ring (bicyclic) bond motifs is 2. The van der Waals surface area contributed by atoms with Crippen LogP contribution in [0.5, 0.6) is 0 Å². The van der Waals surface area contributed by atoms with E-state index in [1.807, 2.05) is 0 Å². The number of rotatable bonds is 3. The Kier molecular flexibility index (Phi) is 6.79. The SMILES string of the molecule is OC1CCC(CCN2CCC(=C3c4ccc(F)cc4Sc4ccc(C(F)(F)F)cc43)CC2)CC1. The molecule has 0 radical (unpaired) electrons. The van der Waals surface area contributed by atoms with Gasteiger partial charge in [0.25, 0.3) is 0 Å². The van der Waals surface area contributed by atoms with Crippen LogP contribution in [0.3, 0.4) is 0 Å². The summed E-state index contributed by atoms with van der Waals surface area (Å²) >= 11 is 1.34. The van der Waals surface area contributed by atoms with Crippen molar-refractivity contribution in [3.05, 3.63) is 64.5 Å². The number of piperidine rings is 1. The van der Waals surface area contributed by atoms with Gasteiger partial charge in [0.05, 0.1) is 11.7 Å². The molecule has 0 atom stereocenters. The molecule has 7 heteroatoms. The fourth-order valence-corrected chi connectivity index (χ4v) is 6.61. The average molecular weight is 492 g/mol. The summed E-state index contributed by atoms with van der Waals surface area (Å²) in [6, 6.07) is 8.50. The maximum atomic E-state index is 14.0. The molecule has 1 saturated heterocycles. The second-order valence-corrected chi connectivity index (χ2v) is 10.8. The Morgan fingerprint density at radius 2 is 1.65 bits per heavy atom. The lowest BCUT2D eigenvalue weighted by molar-refractivity contribution is -0.137. The molecule has 2 aliphatic heterocycles. The zero-order chi connectivity index (χ0) is 23.9. The summed E-state index contributed by atoms with van der Waals surface area (Å²) in [5, 5.41) is 9.71. The third-order valence-corrected chi connectivity index (χ3v) is 8.63. The van der Waals surface area contributed by atoms with Crippen LogP contribution in [-0.4, -0.2) is 35.7 Å². The van der Waals surface area contributed by atoms with Crippen LogP contribution in [0.4, 0.5) is 17.6 Å². The van der Waals surface area contributed by atoms with E-state index >= 15 is 0 Å². The first-order chi connectivity index (χ1) is 16.3. The molecule has 1 N–H and O–H groups in total. The van der Waals surface area contributed by atoms with Crippen molar-refractivity contribution >= 4 is 17.3 Å². The normalized spacial score (nSPS) is 23.6. The van der Waals surface area contributed by atoms with Crippen LogP contribution in [0.2, 0.25) is 0 Å². The van der Waals surface area contributed by atoms with E-state index in [-0.39, 0.29) is 11.9 Å². The largest absolute Gasteiger partial charge is 0.416 e. The summed E-state index contributed by atoms with van der Waals surface area (Å²) in [6.07, 6.45) is 2.18. The molecular weight excluding hydrogens is 462 g/mol. The van der Waals surface area contributed by atoms with Crippen LogP contribution in [0, 0.1) is 11.7 Å². The molecule has 0 aromatic heterocycles. The maximum Gasteiger partial charge on any atom is 0.416 e. The van der Waals surface area contributed by atoms with Gasteiger partial charge in [0.15, 0.2) is 0 Å². The Balaban J connectivity index is 1.39. The van der Waals surface area contributed by atoms with Crippen LogP contribution in [0.15, 0.2) is 51.8 Å². The number of aliphatic hydroxyl groups excluding tert-OH is 1. The van der Waals surface area contributed by atoms with Crippen LogP contribution < -0.4 is 0 Å². The van der Waals surface area contributed by atoms with Gasteiger partial charge in [-0.2, -0.15) is 13.2 Å². The molecule has 2 aromatic rings. The Labute approximate surface area is 202 Å². The summed E-state index contributed by atoms with van der Waals surface area (Å²) in [5.74, 6) is 0.337. The molecule has 0 amide bonds. The lowest BCUT2D eigenvalue weighted by Crippen LogP contribution is -2.33. The molecule has 0 unspecified atom stereocenters. The van der Waals surface area contributed by atoms with E-state index < -0.39 is 11.7 Å². The third kappa shape index (κ3) is 5.07. The van der Waals surface area contributed by atoms with Crippen LogP contribution in [0.1, 0.15) is 61.6 Å². The van der Waals surface area contributed by atoms with E-state index in [2.05, 4.69) is 4.90 Å². The third-order valence-electron chi connectivity index (χ3n) is 7.49. The summed E-state index contributed by atoms with van der Waals surface area (Å²) in [5.41, 5.74) is 2.82. The van der Waals surface area contributed by atoms with Gasteiger partial charge >= 0.3 is 6.18 Å². The van der Waals surface area contributed by atoms with E-state index in [9.17, 15) is 22.7 Å². The van der Waals surface area contributed by atoms with Gasteiger partial charge < -0.3 is 10.0 Å². The second-order valence-electron chi connectivity index (χ2n) is 9.73. The highest BCUT2D eigenvalue weighted by Gasteiger charge is 2.34. The van der Waals surface area contributed by atoms with Gasteiger partial charge in [-0.1, -0.05) is 23.4 Å². The number of hydrogen-bond acceptors (Lipinski definition) is 3. The number of alkyl halides is 3. The number of nitrogens with zero attached hydrogens (tertiary/aromatic N) is 1. The lowest BCUT2D eigenvalue weighted by Gasteiger charge is -2.33. The molecule has 2 heterocycles. The molecule has 0 bridgehead atoms. The Hall–Kier alpha value is -1.83. The highest BCUT2D eigenvalue weighted by atomic mass is 32.2. The number of hydrogen-bond donors (Lipinski definition) is 1. The topological polar surface area (TPSA) is 23.5 Å². The van der Waals surface area contributed by atoms with Gasteiger partial charge in [-0.15, -0.1) is 0 Å². The van der Waals surface area contributed by atoms with Crippen molar-refractivity contribution in [2.45, 2.75) is 67.0 Å². The van der Waals surface area contributed by atoms with Crippen LogP contribution in [-0.2, 0) is 6.18 Å². The van der Waals surface area contributed by atoms with Gasteiger partial charge in [-0.25, -0.2) is 4.39 Å². The first kappa shape index (κ1) is 23.9. The van der Waals surface area contributed by atoms with Crippen molar-refractivity contribution in [2.75, 3.05) is 19.6 Å². The molecule has 1 saturated carbocycles. The van der Waals surface area contributed by atoms with Gasteiger partial charge in [0.2, 0.25) is 0 Å². The van der Waals surface area contributed by atoms with Gasteiger partial charge in [0, 0.05) is 22.9 Å². The predicted octanol–water partition coefficient (Wildman–Crippen LogP) is 7.15. The molecule has 1 aliphatic carbocycles. The number of halogens is 4. The molecule has 182 valence electrons. The molecule has 34 heavy (non-hydrogen) atoms. The second kappa shape index (κ2) is 9.67. The lowest BCUT2D eigenvalue weighted by atomic mass is 9.85. The van der Waals surface area contributed by atoms with Crippen molar-refractivity contribution < 1.29 is 22.7 Å². The molecule has 2 fully saturated rings. The van der Waals surface area contributed by atoms with Crippen molar-refractivity contribution in [1.82, 2.24) is 4.90 Å². The summed E-state index contributed by atoms with van der Waals surface area (Å²) in [6.45, 7) is 2.79. The number of benzene rings is 2. The molecule has 0 spiro atoms. The van der Waals surface area contributed by atoms with E-state index in [0.29, 0.717) is 11.5 Å². The standard InChI is InChI=1S/C27H29F4NOS/c28-20-4-7-22-25(16-20)34-24-8-3-19(27(29,30)31)15-23(24)26(22)18-10-13-32(14-11-18)12-9-17-1-5-21(33)6-2-17/h3-4,7-8,15-17,21,33H,1-2,5-6,9-14H2. The van der Waals surface area contributed by atoms with Crippen molar-refractivity contribution in [1.29, 1.82) is 0 Å². The van der Waals surface area contributed by atoms with Gasteiger partial charge in [0.1, 0.15) is 5.82 Å². The fraction of sp³-hybridized carbons (Fsp3) is 0.481. The number of likely N-dealkylation sites (tertiary alicyclic amines) is 1. The van der Waals surface area contributed by atoms with Crippen molar-refractivity contribution in [3.63, 3.8) is 0 Å². The highest BCUT2D eigenvalue weighted by molar-refractivity contribution is 7.99. The zero-order valence-corrected chi connectivity index (χ0v) is 19.8. The predicted molar refractivity (Wildman–Crippen MR) is 126 cm³/mol. The van der Waals surface area contributed by atoms with Crippen molar-refractivity contribution in [2.24, 2.45) is 5.92 Å². The van der Waals surface area contributed by atoms with E-state index in [4.69, 9.17) is 0 Å². The minimum atomic E-state index is -4.41. The zero-order valence-electron chi connectivity index (χ0n) is 19.0. The monoisotopic (exact) mass is 491 g/mol. The maximum absolute atomic E-state index is 14.0. The van der Waals surface area contributed by atoms with Crippen LogP contribution >= 0.6 is 11.8 Å². The molecular formula is C27H29F4NOS. The minimum Gasteiger partial charge on any atom is -0.393 e. The molecule has 5 rings (SSSR count). The Morgan fingerprint density at radius 3 is 2.35 bits per heavy atom. The van der Waals surface area contributed by atoms with E-state index in [0.717, 1.165) is 97.1 Å². The Bertz CT molecular complexity index is 1080. The van der Waals surface area contributed by atoms with E-state index in [1.54, 1.807) is 6.07 Å². The van der Waals surface area contributed by atoms with Gasteiger partial charge in [-0.05, 0) is 104 Å². The molecule has 3 aliphatic rings. The average Bonchev–Trinajstić information content (AvgIpc) is 2.81. The molecule has 2 nitrogen and oxygen atoms in total. The Morgan fingerprint density at radius 1 is 0.912 bits per heavy atom.